The van der Waals surface area contributed by atoms with Gasteiger partial charge in [0, 0.05) is 6.42 Å². The van der Waals surface area contributed by atoms with Crippen LogP contribution in [0.4, 0.5) is 4.39 Å². The minimum absolute atomic E-state index is 0.0917. The van der Waals surface area contributed by atoms with Gasteiger partial charge in [-0.3, -0.25) is 4.79 Å². The van der Waals surface area contributed by atoms with E-state index in [0.717, 1.165) is 12.3 Å². The van der Waals surface area contributed by atoms with E-state index in [2.05, 4.69) is 6.58 Å². The lowest BCUT2D eigenvalue weighted by atomic mass is 9.78. The van der Waals surface area contributed by atoms with Crippen LogP contribution in [0.2, 0.25) is 0 Å². The van der Waals surface area contributed by atoms with E-state index in [-0.39, 0.29) is 12.6 Å². The Kier molecular flexibility index (Phi) is 4.19. The lowest BCUT2D eigenvalue weighted by molar-refractivity contribution is -0.144. The number of fused-ring (bicyclic) bond motifs is 2. The van der Waals surface area contributed by atoms with Gasteiger partial charge in [0.05, 0.1) is 0 Å². The van der Waals surface area contributed by atoms with Crippen molar-refractivity contribution < 1.29 is 13.9 Å². The number of carbonyl (C=O) groups excluding carboxylic acids is 1. The number of carbonyl (C=O) groups is 1. The molecule has 2 aliphatic rings. The molecule has 0 aliphatic heterocycles. The molecule has 2 rings (SSSR count). The molecule has 0 aromatic carbocycles. The number of rotatable bonds is 5. The Morgan fingerprint density at radius 3 is 2.94 bits per heavy atom. The molecule has 2 saturated carbocycles. The highest BCUT2D eigenvalue weighted by Gasteiger charge is 2.36. The van der Waals surface area contributed by atoms with E-state index >= 15 is 0 Å². The predicted molar refractivity (Wildman–Crippen MR) is 64.2 cm³/mol. The first-order valence-corrected chi connectivity index (χ1v) is 6.58. The van der Waals surface area contributed by atoms with Crippen LogP contribution in [0.1, 0.15) is 38.5 Å². The molecule has 3 unspecified atom stereocenters. The molecule has 0 radical (unpaired) electrons. The lowest BCUT2D eigenvalue weighted by Crippen LogP contribution is -2.17. The summed E-state index contributed by atoms with van der Waals surface area (Å²) in [7, 11) is 0. The molecule has 2 aliphatic carbocycles. The van der Waals surface area contributed by atoms with E-state index in [1.54, 1.807) is 0 Å². The molecule has 2 bridgehead atoms. The summed E-state index contributed by atoms with van der Waals surface area (Å²) < 4.78 is 16.6. The summed E-state index contributed by atoms with van der Waals surface area (Å²) in [5, 5.41) is 0. The van der Waals surface area contributed by atoms with Crippen molar-refractivity contribution in [2.45, 2.75) is 38.5 Å². The maximum Gasteiger partial charge on any atom is 0.305 e. The van der Waals surface area contributed by atoms with E-state index in [0.29, 0.717) is 18.3 Å². The summed E-state index contributed by atoms with van der Waals surface area (Å²) in [5.74, 6) is 1.88. The molecule has 0 spiro atoms. The number of allylic oxidation sites excluding steroid dienone is 1. The van der Waals surface area contributed by atoms with E-state index in [1.165, 1.54) is 31.3 Å². The SMILES string of the molecule is C=C1CC2CC(CCC(=O)OCCF)CC1C2. The maximum atomic E-state index is 11.8. The molecule has 0 saturated heterocycles. The van der Waals surface area contributed by atoms with Crippen LogP contribution >= 0.6 is 0 Å². The molecule has 0 amide bonds. The summed E-state index contributed by atoms with van der Waals surface area (Å²) in [5.41, 5.74) is 1.41. The largest absolute Gasteiger partial charge is 0.463 e. The Bertz CT molecular complexity index is 301. The summed E-state index contributed by atoms with van der Waals surface area (Å²) in [4.78, 5) is 11.3. The highest BCUT2D eigenvalue weighted by Crippen LogP contribution is 2.48. The maximum absolute atomic E-state index is 11.8. The Morgan fingerprint density at radius 2 is 2.24 bits per heavy atom. The number of hydrogen-bond acceptors (Lipinski definition) is 2. The van der Waals surface area contributed by atoms with Crippen LogP contribution in [0.15, 0.2) is 12.2 Å². The third-order valence-corrected chi connectivity index (χ3v) is 4.13. The summed E-state index contributed by atoms with van der Waals surface area (Å²) in [6.07, 6.45) is 6.24. The molecule has 3 atom stereocenters. The molecule has 0 aromatic heterocycles. The van der Waals surface area contributed by atoms with Crippen molar-refractivity contribution in [1.82, 2.24) is 0 Å². The number of halogens is 1. The van der Waals surface area contributed by atoms with Gasteiger partial charge in [-0.05, 0) is 49.9 Å². The normalized spacial score (nSPS) is 31.6. The van der Waals surface area contributed by atoms with E-state index in [9.17, 15) is 9.18 Å². The summed E-state index contributed by atoms with van der Waals surface area (Å²) >= 11 is 0. The van der Waals surface area contributed by atoms with Crippen LogP contribution < -0.4 is 0 Å². The number of esters is 1. The van der Waals surface area contributed by atoms with Crippen molar-refractivity contribution in [1.29, 1.82) is 0 Å². The summed E-state index contributed by atoms with van der Waals surface area (Å²) in [6.45, 7) is 3.46. The van der Waals surface area contributed by atoms with Crippen molar-refractivity contribution >= 4 is 5.97 Å². The number of hydrogen-bond donors (Lipinski definition) is 0. The van der Waals surface area contributed by atoms with Gasteiger partial charge < -0.3 is 4.74 Å². The van der Waals surface area contributed by atoms with Crippen molar-refractivity contribution in [3.05, 3.63) is 12.2 Å². The Morgan fingerprint density at radius 1 is 1.41 bits per heavy atom. The van der Waals surface area contributed by atoms with Crippen LogP contribution in [0, 0.1) is 17.8 Å². The highest BCUT2D eigenvalue weighted by molar-refractivity contribution is 5.69. The zero-order valence-electron chi connectivity index (χ0n) is 10.3. The topological polar surface area (TPSA) is 26.3 Å². The lowest BCUT2D eigenvalue weighted by Gasteiger charge is -2.27. The van der Waals surface area contributed by atoms with Crippen LogP contribution in [0.25, 0.3) is 0 Å². The van der Waals surface area contributed by atoms with Gasteiger partial charge in [-0.15, -0.1) is 0 Å². The van der Waals surface area contributed by atoms with Gasteiger partial charge in [-0.25, -0.2) is 4.39 Å². The zero-order valence-corrected chi connectivity index (χ0v) is 10.3. The highest BCUT2D eigenvalue weighted by atomic mass is 19.1. The Hall–Kier alpha value is -0.860. The number of ether oxygens (including phenoxy) is 1. The second-order valence-electron chi connectivity index (χ2n) is 5.45. The predicted octanol–water partition coefficient (Wildman–Crippen LogP) is 3.27. The van der Waals surface area contributed by atoms with Gasteiger partial charge >= 0.3 is 5.97 Å². The van der Waals surface area contributed by atoms with E-state index in [4.69, 9.17) is 4.74 Å². The van der Waals surface area contributed by atoms with Crippen molar-refractivity contribution in [2.75, 3.05) is 13.3 Å². The van der Waals surface area contributed by atoms with E-state index in [1.807, 2.05) is 0 Å². The van der Waals surface area contributed by atoms with Crippen molar-refractivity contribution in [3.63, 3.8) is 0 Å². The molecule has 2 fully saturated rings. The van der Waals surface area contributed by atoms with Gasteiger partial charge in [0.1, 0.15) is 13.3 Å². The third kappa shape index (κ3) is 3.30. The van der Waals surface area contributed by atoms with Gasteiger partial charge in [0.25, 0.3) is 0 Å². The fourth-order valence-corrected chi connectivity index (χ4v) is 3.38. The minimum atomic E-state index is -0.584. The van der Waals surface area contributed by atoms with Gasteiger partial charge in [-0.2, -0.15) is 0 Å². The standard InChI is InChI=1S/C14H21FO2/c1-10-6-12-7-11(8-13(10)9-12)2-3-14(16)17-5-4-15/h11-13H,1-9H2. The Labute approximate surface area is 102 Å². The zero-order chi connectivity index (χ0) is 12.3. The molecule has 96 valence electrons. The second-order valence-corrected chi connectivity index (χ2v) is 5.45. The first kappa shape index (κ1) is 12.6. The molecule has 2 nitrogen and oxygen atoms in total. The van der Waals surface area contributed by atoms with Crippen molar-refractivity contribution in [2.24, 2.45) is 17.8 Å². The van der Waals surface area contributed by atoms with Crippen LogP contribution in [-0.2, 0) is 9.53 Å². The fourth-order valence-electron chi connectivity index (χ4n) is 3.38. The molecular weight excluding hydrogens is 219 g/mol. The minimum Gasteiger partial charge on any atom is -0.463 e. The average Bonchev–Trinajstić information content (AvgIpc) is 2.58. The molecule has 17 heavy (non-hydrogen) atoms. The molecule has 3 heteroatoms. The molecule has 0 heterocycles. The Balaban J connectivity index is 1.70. The van der Waals surface area contributed by atoms with E-state index < -0.39 is 6.67 Å². The first-order valence-electron chi connectivity index (χ1n) is 6.58. The quantitative estimate of drug-likeness (QED) is 0.544. The number of alkyl halides is 1. The molecule has 0 N–H and O–H groups in total. The van der Waals surface area contributed by atoms with Crippen molar-refractivity contribution in [3.8, 4) is 0 Å². The smallest absolute Gasteiger partial charge is 0.305 e. The van der Waals surface area contributed by atoms with Crippen LogP contribution in [0.3, 0.4) is 0 Å². The molecular formula is C14H21FO2. The van der Waals surface area contributed by atoms with Crippen LogP contribution in [-0.4, -0.2) is 19.3 Å². The first-order chi connectivity index (χ1) is 8.19. The third-order valence-electron chi connectivity index (χ3n) is 4.13. The fraction of sp³-hybridized carbons (Fsp3) is 0.786. The average molecular weight is 240 g/mol. The second kappa shape index (κ2) is 5.65. The summed E-state index contributed by atoms with van der Waals surface area (Å²) in [6, 6.07) is 0. The van der Waals surface area contributed by atoms with Crippen LogP contribution in [0.5, 0.6) is 0 Å². The monoisotopic (exact) mass is 240 g/mol. The van der Waals surface area contributed by atoms with Gasteiger partial charge in [-0.1, -0.05) is 12.2 Å². The molecule has 0 aromatic rings. The van der Waals surface area contributed by atoms with Gasteiger partial charge in [0.2, 0.25) is 0 Å². The van der Waals surface area contributed by atoms with Gasteiger partial charge in [0.15, 0.2) is 0 Å².